The Bertz CT molecular complexity index is 658. The van der Waals surface area contributed by atoms with E-state index in [1.54, 1.807) is 13.2 Å². The minimum Gasteiger partial charge on any atom is -0.492 e. The second kappa shape index (κ2) is 6.90. The van der Waals surface area contributed by atoms with Crippen molar-refractivity contribution in [3.05, 3.63) is 49.8 Å². The molecule has 0 unspecified atom stereocenters. The number of benzene rings is 1. The fourth-order valence-corrected chi connectivity index (χ4v) is 2.42. The molecule has 7 heteroatoms. The Balaban J connectivity index is 1.88. The summed E-state index contributed by atoms with van der Waals surface area (Å²) in [4.78, 5) is 11.7. The number of hydrogen-bond donors (Lipinski definition) is 1. The number of aromatic nitrogens is 2. The number of rotatable bonds is 5. The lowest BCUT2D eigenvalue weighted by Gasteiger charge is -2.10. The van der Waals surface area contributed by atoms with Crippen molar-refractivity contribution < 1.29 is 4.74 Å². The first-order valence-electron chi connectivity index (χ1n) is 5.92. The van der Waals surface area contributed by atoms with Gasteiger partial charge in [-0.15, -0.1) is 0 Å². The van der Waals surface area contributed by atoms with Crippen molar-refractivity contribution in [1.82, 2.24) is 9.78 Å². The summed E-state index contributed by atoms with van der Waals surface area (Å²) in [6.07, 6.45) is 1.60. The number of ether oxygens (including phenoxy) is 1. The average Bonchev–Trinajstić information content (AvgIpc) is 2.43. The quantitative estimate of drug-likeness (QED) is 0.781. The van der Waals surface area contributed by atoms with Gasteiger partial charge >= 0.3 is 0 Å². The summed E-state index contributed by atoms with van der Waals surface area (Å²) >= 11 is 6.64. The maximum Gasteiger partial charge on any atom is 0.282 e. The van der Waals surface area contributed by atoms with E-state index in [2.05, 4.69) is 42.3 Å². The zero-order chi connectivity index (χ0) is 14.5. The summed E-state index contributed by atoms with van der Waals surface area (Å²) in [6, 6.07) is 7.64. The molecule has 1 aromatic carbocycles. The van der Waals surface area contributed by atoms with Crippen molar-refractivity contribution in [1.29, 1.82) is 0 Å². The van der Waals surface area contributed by atoms with E-state index in [0.29, 0.717) is 23.3 Å². The number of halogens is 2. The molecule has 0 amide bonds. The van der Waals surface area contributed by atoms with E-state index in [-0.39, 0.29) is 5.56 Å². The summed E-state index contributed by atoms with van der Waals surface area (Å²) in [7, 11) is 1.60. The van der Waals surface area contributed by atoms with E-state index in [4.69, 9.17) is 4.74 Å². The molecule has 0 aliphatic heterocycles. The van der Waals surface area contributed by atoms with Gasteiger partial charge in [0.05, 0.1) is 11.9 Å². The van der Waals surface area contributed by atoms with Crippen LogP contribution in [0.2, 0.25) is 0 Å². The highest BCUT2D eigenvalue weighted by Gasteiger charge is 2.05. The second-order valence-corrected chi connectivity index (χ2v) is 5.74. The molecule has 2 aromatic rings. The minimum absolute atomic E-state index is 0.178. The predicted molar refractivity (Wildman–Crippen MR) is 85.3 cm³/mol. The van der Waals surface area contributed by atoms with Gasteiger partial charge in [-0.25, -0.2) is 4.68 Å². The van der Waals surface area contributed by atoms with Gasteiger partial charge in [0.25, 0.3) is 5.56 Å². The summed E-state index contributed by atoms with van der Waals surface area (Å²) in [5.41, 5.74) is 0.480. The Kier molecular flexibility index (Phi) is 5.19. The number of nitrogens with zero attached hydrogens (tertiary/aromatic N) is 2. The van der Waals surface area contributed by atoms with E-state index >= 15 is 0 Å². The Morgan fingerprint density at radius 3 is 2.95 bits per heavy atom. The molecule has 5 nitrogen and oxygen atoms in total. The van der Waals surface area contributed by atoms with Gasteiger partial charge in [-0.3, -0.25) is 4.79 Å². The lowest BCUT2D eigenvalue weighted by Crippen LogP contribution is -2.22. The van der Waals surface area contributed by atoms with Crippen LogP contribution in [0.25, 0.3) is 0 Å². The molecular formula is C13H13Br2N3O2. The zero-order valence-electron chi connectivity index (χ0n) is 10.8. The van der Waals surface area contributed by atoms with Crippen LogP contribution in [-0.2, 0) is 7.05 Å². The van der Waals surface area contributed by atoms with E-state index in [9.17, 15) is 4.79 Å². The van der Waals surface area contributed by atoms with E-state index in [1.807, 2.05) is 24.3 Å². The average molecular weight is 403 g/mol. The molecule has 0 saturated heterocycles. The maximum absolute atomic E-state index is 11.7. The largest absolute Gasteiger partial charge is 0.492 e. The molecule has 106 valence electrons. The monoisotopic (exact) mass is 401 g/mol. The normalized spacial score (nSPS) is 10.3. The fraction of sp³-hybridized carbons (Fsp3) is 0.231. The van der Waals surface area contributed by atoms with Crippen LogP contribution < -0.4 is 15.6 Å². The predicted octanol–water partition coefficient (Wildman–Crippen LogP) is 2.80. The number of anilines is 1. The highest BCUT2D eigenvalue weighted by Crippen LogP contribution is 2.18. The number of hydrogen-bond acceptors (Lipinski definition) is 4. The molecular weight excluding hydrogens is 390 g/mol. The van der Waals surface area contributed by atoms with Crippen LogP contribution >= 0.6 is 31.9 Å². The van der Waals surface area contributed by atoms with Gasteiger partial charge in [0.2, 0.25) is 0 Å². The molecule has 1 N–H and O–H groups in total. The van der Waals surface area contributed by atoms with Crippen LogP contribution in [0.15, 0.2) is 44.2 Å². The summed E-state index contributed by atoms with van der Waals surface area (Å²) in [6.45, 7) is 1.05. The highest BCUT2D eigenvalue weighted by atomic mass is 79.9. The van der Waals surface area contributed by atoms with Crippen molar-refractivity contribution in [2.75, 3.05) is 18.5 Å². The maximum atomic E-state index is 11.7. The number of nitrogens with one attached hydrogen (secondary N) is 1. The van der Waals surface area contributed by atoms with Gasteiger partial charge in [0, 0.05) is 18.1 Å². The fourth-order valence-electron chi connectivity index (χ4n) is 1.55. The van der Waals surface area contributed by atoms with Crippen LogP contribution in [-0.4, -0.2) is 22.9 Å². The van der Waals surface area contributed by atoms with Gasteiger partial charge in [-0.05, 0) is 34.1 Å². The molecule has 0 spiro atoms. The molecule has 0 saturated carbocycles. The first kappa shape index (κ1) is 15.1. The van der Waals surface area contributed by atoms with Crippen LogP contribution in [0.1, 0.15) is 0 Å². The minimum atomic E-state index is -0.178. The van der Waals surface area contributed by atoms with Gasteiger partial charge in [-0.2, -0.15) is 5.10 Å². The molecule has 0 aliphatic rings. The Hall–Kier alpha value is -1.34. The second-order valence-electron chi connectivity index (χ2n) is 4.03. The lowest BCUT2D eigenvalue weighted by atomic mass is 10.3. The standard InChI is InChI=1S/C13H13Br2N3O2/c1-18-13(19)12(15)11(8-17-18)16-5-6-20-10-4-2-3-9(14)7-10/h2-4,7-8,16H,5-6H2,1H3. The summed E-state index contributed by atoms with van der Waals surface area (Å²) in [5.74, 6) is 0.794. The first-order valence-corrected chi connectivity index (χ1v) is 7.50. The van der Waals surface area contributed by atoms with Crippen LogP contribution in [0.5, 0.6) is 5.75 Å². The van der Waals surface area contributed by atoms with E-state index in [0.717, 1.165) is 10.2 Å². The topological polar surface area (TPSA) is 56.1 Å². The Morgan fingerprint density at radius 1 is 1.40 bits per heavy atom. The molecule has 2 rings (SSSR count). The van der Waals surface area contributed by atoms with Crippen LogP contribution in [0.4, 0.5) is 5.69 Å². The van der Waals surface area contributed by atoms with Crippen molar-refractivity contribution in [3.8, 4) is 5.75 Å². The molecule has 0 atom stereocenters. The smallest absolute Gasteiger partial charge is 0.282 e. The summed E-state index contributed by atoms with van der Waals surface area (Å²) in [5, 5.41) is 7.06. The van der Waals surface area contributed by atoms with Gasteiger partial charge < -0.3 is 10.1 Å². The summed E-state index contributed by atoms with van der Waals surface area (Å²) < 4.78 is 8.31. The van der Waals surface area contributed by atoms with Gasteiger partial charge in [0.15, 0.2) is 0 Å². The molecule has 1 aromatic heterocycles. The molecule has 20 heavy (non-hydrogen) atoms. The molecule has 0 radical (unpaired) electrons. The van der Waals surface area contributed by atoms with E-state index in [1.165, 1.54) is 4.68 Å². The van der Waals surface area contributed by atoms with Crippen molar-refractivity contribution in [2.45, 2.75) is 0 Å². The third-order valence-corrected chi connectivity index (χ3v) is 3.82. The highest BCUT2D eigenvalue weighted by molar-refractivity contribution is 9.10. The Labute approximate surface area is 133 Å². The molecule has 0 fully saturated rings. The first-order chi connectivity index (χ1) is 9.58. The molecule has 0 aliphatic carbocycles. The van der Waals surface area contributed by atoms with Crippen LogP contribution in [0, 0.1) is 0 Å². The third kappa shape index (κ3) is 3.83. The van der Waals surface area contributed by atoms with Crippen molar-refractivity contribution in [3.63, 3.8) is 0 Å². The molecule has 1 heterocycles. The molecule has 0 bridgehead atoms. The Morgan fingerprint density at radius 2 is 2.20 bits per heavy atom. The third-order valence-electron chi connectivity index (χ3n) is 2.56. The van der Waals surface area contributed by atoms with Gasteiger partial charge in [-0.1, -0.05) is 22.0 Å². The lowest BCUT2D eigenvalue weighted by molar-refractivity contribution is 0.332. The zero-order valence-corrected chi connectivity index (χ0v) is 13.9. The van der Waals surface area contributed by atoms with Gasteiger partial charge in [0.1, 0.15) is 16.8 Å². The van der Waals surface area contributed by atoms with Crippen LogP contribution in [0.3, 0.4) is 0 Å². The van der Waals surface area contributed by atoms with E-state index < -0.39 is 0 Å². The van der Waals surface area contributed by atoms with Crippen molar-refractivity contribution >= 4 is 37.5 Å². The SMILES string of the molecule is Cn1ncc(NCCOc2cccc(Br)c2)c(Br)c1=O. The van der Waals surface area contributed by atoms with Crippen molar-refractivity contribution in [2.24, 2.45) is 7.05 Å². The number of aryl methyl sites for hydroxylation is 1.